The van der Waals surface area contributed by atoms with Crippen LogP contribution in [-0.4, -0.2) is 22.2 Å². The van der Waals surface area contributed by atoms with E-state index in [2.05, 4.69) is 10.4 Å². The summed E-state index contributed by atoms with van der Waals surface area (Å²) in [5.74, 6) is -0.0433. The van der Waals surface area contributed by atoms with Gasteiger partial charge < -0.3 is 11.1 Å². The van der Waals surface area contributed by atoms with E-state index in [-0.39, 0.29) is 11.9 Å². The van der Waals surface area contributed by atoms with Gasteiger partial charge in [-0.2, -0.15) is 5.10 Å². The first-order chi connectivity index (χ1) is 9.13. The summed E-state index contributed by atoms with van der Waals surface area (Å²) >= 11 is 0. The highest BCUT2D eigenvalue weighted by Gasteiger charge is 2.15. The van der Waals surface area contributed by atoms with Crippen LogP contribution in [0.15, 0.2) is 36.7 Å². The van der Waals surface area contributed by atoms with Gasteiger partial charge in [-0.3, -0.25) is 9.48 Å². The maximum absolute atomic E-state index is 11.8. The summed E-state index contributed by atoms with van der Waals surface area (Å²) in [4.78, 5) is 11.8. The molecule has 1 heterocycles. The minimum absolute atomic E-state index is 0.0433. The normalized spacial score (nSPS) is 12.1. The highest BCUT2D eigenvalue weighted by atomic mass is 16.2. The molecule has 1 unspecified atom stereocenters. The van der Waals surface area contributed by atoms with E-state index in [0.717, 1.165) is 11.1 Å². The molecule has 0 bridgehead atoms. The van der Waals surface area contributed by atoms with Gasteiger partial charge >= 0.3 is 0 Å². The molecular formula is C14H18N4O. The van der Waals surface area contributed by atoms with Crippen molar-refractivity contribution in [1.29, 1.82) is 0 Å². The number of carbonyl (C=O) groups is 1. The van der Waals surface area contributed by atoms with Gasteiger partial charge in [0, 0.05) is 29.6 Å². The number of hydrogen-bond donors (Lipinski definition) is 2. The number of benzene rings is 1. The minimum Gasteiger partial charge on any atom is -0.398 e. The fourth-order valence-electron chi connectivity index (χ4n) is 1.89. The number of nitrogen functional groups attached to an aromatic ring is 1. The van der Waals surface area contributed by atoms with Crippen LogP contribution in [0.3, 0.4) is 0 Å². The Morgan fingerprint density at radius 3 is 2.89 bits per heavy atom. The van der Waals surface area contributed by atoms with Gasteiger partial charge in [0.15, 0.2) is 0 Å². The standard InChI is InChI=1S/C14H18N4O/c1-3-16-14(19)10(2)18-9-11(8-17-18)12-6-4-5-7-13(12)15/h4-10H,3,15H2,1-2H3,(H,16,19). The zero-order valence-corrected chi connectivity index (χ0v) is 11.1. The van der Waals surface area contributed by atoms with Crippen molar-refractivity contribution in [3.8, 4) is 11.1 Å². The van der Waals surface area contributed by atoms with Crippen molar-refractivity contribution in [3.05, 3.63) is 36.7 Å². The van der Waals surface area contributed by atoms with E-state index in [1.807, 2.05) is 44.3 Å². The molecule has 2 aromatic rings. The van der Waals surface area contributed by atoms with Crippen LogP contribution in [0.1, 0.15) is 19.9 Å². The molecule has 0 aliphatic carbocycles. The van der Waals surface area contributed by atoms with Gasteiger partial charge in [0.05, 0.1) is 6.20 Å². The molecule has 19 heavy (non-hydrogen) atoms. The third kappa shape index (κ3) is 2.76. The molecule has 0 saturated carbocycles. The Morgan fingerprint density at radius 1 is 1.47 bits per heavy atom. The number of likely N-dealkylation sites (N-methyl/N-ethyl adjacent to an activating group) is 1. The van der Waals surface area contributed by atoms with Crippen LogP contribution in [-0.2, 0) is 4.79 Å². The van der Waals surface area contributed by atoms with E-state index in [4.69, 9.17) is 5.73 Å². The van der Waals surface area contributed by atoms with Crippen LogP contribution in [0.4, 0.5) is 5.69 Å². The number of hydrogen-bond acceptors (Lipinski definition) is 3. The molecular weight excluding hydrogens is 240 g/mol. The monoisotopic (exact) mass is 258 g/mol. The number of nitrogens with two attached hydrogens (primary N) is 1. The predicted octanol–water partition coefficient (Wildman–Crippen LogP) is 1.83. The Kier molecular flexibility index (Phi) is 3.85. The maximum Gasteiger partial charge on any atom is 0.244 e. The van der Waals surface area contributed by atoms with E-state index in [1.165, 1.54) is 0 Å². The van der Waals surface area contributed by atoms with E-state index in [1.54, 1.807) is 10.9 Å². The van der Waals surface area contributed by atoms with E-state index in [9.17, 15) is 4.79 Å². The first-order valence-electron chi connectivity index (χ1n) is 6.30. The van der Waals surface area contributed by atoms with Gasteiger partial charge in [-0.25, -0.2) is 0 Å². The highest BCUT2D eigenvalue weighted by molar-refractivity contribution is 5.80. The average molecular weight is 258 g/mol. The number of carbonyl (C=O) groups excluding carboxylic acids is 1. The summed E-state index contributed by atoms with van der Waals surface area (Å²) in [5.41, 5.74) is 8.47. The van der Waals surface area contributed by atoms with Crippen molar-refractivity contribution in [1.82, 2.24) is 15.1 Å². The lowest BCUT2D eigenvalue weighted by atomic mass is 10.1. The lowest BCUT2D eigenvalue weighted by Gasteiger charge is -2.11. The Labute approximate surface area is 112 Å². The SMILES string of the molecule is CCNC(=O)C(C)n1cc(-c2ccccc2N)cn1. The number of nitrogens with one attached hydrogen (secondary N) is 1. The molecule has 0 fully saturated rings. The zero-order chi connectivity index (χ0) is 13.8. The van der Waals surface area contributed by atoms with Crippen molar-refractivity contribution in [2.24, 2.45) is 0 Å². The van der Waals surface area contributed by atoms with Crippen LogP contribution < -0.4 is 11.1 Å². The summed E-state index contributed by atoms with van der Waals surface area (Å²) in [6, 6.07) is 7.27. The summed E-state index contributed by atoms with van der Waals surface area (Å²) in [6.07, 6.45) is 3.56. The highest BCUT2D eigenvalue weighted by Crippen LogP contribution is 2.25. The Hall–Kier alpha value is -2.30. The van der Waals surface area contributed by atoms with Crippen LogP contribution in [0.25, 0.3) is 11.1 Å². The van der Waals surface area contributed by atoms with Gasteiger partial charge in [0.2, 0.25) is 5.91 Å². The van der Waals surface area contributed by atoms with E-state index < -0.39 is 0 Å². The Balaban J connectivity index is 2.24. The number of amides is 1. The average Bonchev–Trinajstić information content (AvgIpc) is 2.88. The van der Waals surface area contributed by atoms with Gasteiger partial charge in [-0.05, 0) is 19.9 Å². The number of rotatable bonds is 4. The first kappa shape index (κ1) is 13.1. The second-order valence-corrected chi connectivity index (χ2v) is 4.37. The topological polar surface area (TPSA) is 72.9 Å². The summed E-state index contributed by atoms with van der Waals surface area (Å²) < 4.78 is 1.65. The largest absolute Gasteiger partial charge is 0.398 e. The van der Waals surface area contributed by atoms with Crippen molar-refractivity contribution >= 4 is 11.6 Å². The molecule has 0 radical (unpaired) electrons. The third-order valence-corrected chi connectivity index (χ3v) is 3.00. The molecule has 3 N–H and O–H groups in total. The number of para-hydroxylation sites is 1. The van der Waals surface area contributed by atoms with Crippen molar-refractivity contribution in [2.45, 2.75) is 19.9 Å². The number of nitrogens with zero attached hydrogens (tertiary/aromatic N) is 2. The summed E-state index contributed by atoms with van der Waals surface area (Å²) in [6.45, 7) is 4.32. The quantitative estimate of drug-likeness (QED) is 0.822. The number of anilines is 1. The molecule has 5 heteroatoms. The van der Waals surface area contributed by atoms with Crippen LogP contribution in [0.2, 0.25) is 0 Å². The molecule has 5 nitrogen and oxygen atoms in total. The van der Waals surface area contributed by atoms with E-state index in [0.29, 0.717) is 12.2 Å². The zero-order valence-electron chi connectivity index (χ0n) is 11.1. The molecule has 1 amide bonds. The van der Waals surface area contributed by atoms with Crippen LogP contribution in [0, 0.1) is 0 Å². The second kappa shape index (κ2) is 5.56. The number of aromatic nitrogens is 2. The van der Waals surface area contributed by atoms with Gasteiger partial charge in [-0.1, -0.05) is 18.2 Å². The summed E-state index contributed by atoms with van der Waals surface area (Å²) in [7, 11) is 0. The minimum atomic E-state index is -0.335. The van der Waals surface area contributed by atoms with Gasteiger partial charge in [-0.15, -0.1) is 0 Å². The second-order valence-electron chi connectivity index (χ2n) is 4.37. The first-order valence-corrected chi connectivity index (χ1v) is 6.30. The lowest BCUT2D eigenvalue weighted by Crippen LogP contribution is -2.30. The van der Waals surface area contributed by atoms with Crippen molar-refractivity contribution in [2.75, 3.05) is 12.3 Å². The fourth-order valence-corrected chi connectivity index (χ4v) is 1.89. The van der Waals surface area contributed by atoms with E-state index >= 15 is 0 Å². The molecule has 1 aromatic heterocycles. The van der Waals surface area contributed by atoms with Crippen molar-refractivity contribution < 1.29 is 4.79 Å². The molecule has 100 valence electrons. The molecule has 0 aliphatic rings. The van der Waals surface area contributed by atoms with Gasteiger partial charge in [0.25, 0.3) is 0 Å². The van der Waals surface area contributed by atoms with Crippen LogP contribution in [0.5, 0.6) is 0 Å². The van der Waals surface area contributed by atoms with Gasteiger partial charge in [0.1, 0.15) is 6.04 Å². The Morgan fingerprint density at radius 2 is 2.21 bits per heavy atom. The third-order valence-electron chi connectivity index (χ3n) is 3.00. The molecule has 0 saturated heterocycles. The van der Waals surface area contributed by atoms with Crippen LogP contribution >= 0.6 is 0 Å². The molecule has 2 rings (SSSR count). The lowest BCUT2D eigenvalue weighted by molar-refractivity contribution is -0.124. The maximum atomic E-state index is 11.8. The fraction of sp³-hybridized carbons (Fsp3) is 0.286. The molecule has 1 aromatic carbocycles. The molecule has 1 atom stereocenters. The summed E-state index contributed by atoms with van der Waals surface area (Å²) in [5, 5.41) is 7.02. The predicted molar refractivity (Wildman–Crippen MR) is 75.5 cm³/mol. The molecule has 0 aliphatic heterocycles. The smallest absolute Gasteiger partial charge is 0.244 e. The molecule has 0 spiro atoms. The van der Waals surface area contributed by atoms with Crippen molar-refractivity contribution in [3.63, 3.8) is 0 Å². The Bertz CT molecular complexity index is 576.